The van der Waals surface area contributed by atoms with Crippen LogP contribution in [0.15, 0.2) is 84.0 Å². The number of halogens is 1. The molecule has 0 aliphatic carbocycles. The van der Waals surface area contributed by atoms with Gasteiger partial charge in [0.25, 0.3) is 5.91 Å². The highest BCUT2D eigenvalue weighted by atomic mass is 19.1. The van der Waals surface area contributed by atoms with Crippen LogP contribution in [-0.4, -0.2) is 11.6 Å². The van der Waals surface area contributed by atoms with E-state index in [4.69, 9.17) is 4.84 Å². The maximum absolute atomic E-state index is 13.0. The normalized spacial score (nSPS) is 14.6. The van der Waals surface area contributed by atoms with Crippen molar-refractivity contribution in [3.8, 4) is 0 Å². The Morgan fingerprint density at radius 2 is 1.58 bits per heavy atom. The number of hydrogen-bond donors (Lipinski definition) is 0. The van der Waals surface area contributed by atoms with E-state index in [1.165, 1.54) is 12.1 Å². The smallest absolute Gasteiger partial charge is 0.285 e. The molecular weight excluding hydrogens is 331 g/mol. The number of fused-ring (bicyclic) bond motifs is 1. The fourth-order valence-corrected chi connectivity index (χ4v) is 2.87. The van der Waals surface area contributed by atoms with Crippen LogP contribution >= 0.6 is 0 Å². The molecule has 1 amide bonds. The Bertz CT molecular complexity index is 969. The maximum Gasteiger partial charge on any atom is 0.285 e. The van der Waals surface area contributed by atoms with Crippen LogP contribution in [0.5, 0.6) is 0 Å². The van der Waals surface area contributed by atoms with E-state index in [9.17, 15) is 9.18 Å². The lowest BCUT2D eigenvalue weighted by atomic mass is 10.1. The van der Waals surface area contributed by atoms with Gasteiger partial charge in [0, 0.05) is 11.3 Å². The lowest BCUT2D eigenvalue weighted by Crippen LogP contribution is -2.25. The van der Waals surface area contributed by atoms with Crippen LogP contribution in [0.1, 0.15) is 11.1 Å². The van der Waals surface area contributed by atoms with Gasteiger partial charge in [-0.05, 0) is 35.9 Å². The van der Waals surface area contributed by atoms with Gasteiger partial charge in [-0.15, -0.1) is 0 Å². The predicted octanol–water partition coefficient (Wildman–Crippen LogP) is 4.42. The van der Waals surface area contributed by atoms with Gasteiger partial charge in [-0.1, -0.05) is 53.7 Å². The van der Waals surface area contributed by atoms with Crippen LogP contribution in [0.25, 0.3) is 0 Å². The monoisotopic (exact) mass is 346 g/mol. The molecule has 5 heteroatoms. The standard InChI is InChI=1S/C21H15FN2O2/c22-16-12-10-15(11-13-16)14-26-23-20-18-8-4-5-9-19(18)24(21(20)25)17-6-2-1-3-7-17/h1-13H,14H2. The number of hydrogen-bond acceptors (Lipinski definition) is 3. The highest BCUT2D eigenvalue weighted by Crippen LogP contribution is 2.35. The van der Waals surface area contributed by atoms with Crippen molar-refractivity contribution < 1.29 is 14.0 Å². The van der Waals surface area contributed by atoms with Gasteiger partial charge in [-0.3, -0.25) is 9.69 Å². The number of amides is 1. The highest BCUT2D eigenvalue weighted by molar-refractivity contribution is 6.55. The third-order valence-electron chi connectivity index (χ3n) is 4.12. The number of carbonyl (C=O) groups excluding carboxylic acids is 1. The van der Waals surface area contributed by atoms with E-state index in [0.717, 1.165) is 22.5 Å². The molecule has 3 aromatic carbocycles. The van der Waals surface area contributed by atoms with E-state index in [-0.39, 0.29) is 24.0 Å². The van der Waals surface area contributed by atoms with E-state index in [1.54, 1.807) is 17.0 Å². The molecule has 0 spiro atoms. The van der Waals surface area contributed by atoms with Crippen LogP contribution in [0.3, 0.4) is 0 Å². The van der Waals surface area contributed by atoms with Gasteiger partial charge >= 0.3 is 0 Å². The van der Waals surface area contributed by atoms with E-state index >= 15 is 0 Å². The molecule has 26 heavy (non-hydrogen) atoms. The van der Waals surface area contributed by atoms with Crippen LogP contribution in [-0.2, 0) is 16.2 Å². The van der Waals surface area contributed by atoms with Crippen molar-refractivity contribution in [3.05, 3.63) is 95.8 Å². The average molecular weight is 346 g/mol. The summed E-state index contributed by atoms with van der Waals surface area (Å²) < 4.78 is 13.0. The first-order chi connectivity index (χ1) is 12.7. The second kappa shape index (κ2) is 6.80. The molecule has 128 valence electrons. The average Bonchev–Trinajstić information content (AvgIpc) is 2.96. The second-order valence-corrected chi connectivity index (χ2v) is 5.83. The summed E-state index contributed by atoms with van der Waals surface area (Å²) in [5.41, 5.74) is 3.29. The molecule has 4 rings (SSSR count). The topological polar surface area (TPSA) is 41.9 Å². The first-order valence-corrected chi connectivity index (χ1v) is 8.17. The molecule has 0 radical (unpaired) electrons. The molecule has 0 aromatic heterocycles. The molecule has 0 saturated carbocycles. The van der Waals surface area contributed by atoms with Gasteiger partial charge < -0.3 is 4.84 Å². The molecule has 0 unspecified atom stereocenters. The summed E-state index contributed by atoms with van der Waals surface area (Å²) >= 11 is 0. The van der Waals surface area contributed by atoms with Gasteiger partial charge in [0.05, 0.1) is 5.69 Å². The fraction of sp³-hybridized carbons (Fsp3) is 0.0476. The Morgan fingerprint density at radius 1 is 0.885 bits per heavy atom. The largest absolute Gasteiger partial charge is 0.390 e. The van der Waals surface area contributed by atoms with E-state index < -0.39 is 0 Å². The van der Waals surface area contributed by atoms with Crippen molar-refractivity contribution in [2.24, 2.45) is 5.16 Å². The Morgan fingerprint density at radius 3 is 2.35 bits per heavy atom. The second-order valence-electron chi connectivity index (χ2n) is 5.83. The van der Waals surface area contributed by atoms with Crippen molar-refractivity contribution in [2.75, 3.05) is 4.90 Å². The first kappa shape index (κ1) is 16.0. The van der Waals surface area contributed by atoms with E-state index in [0.29, 0.717) is 0 Å². The zero-order valence-corrected chi connectivity index (χ0v) is 13.8. The maximum atomic E-state index is 13.0. The minimum atomic E-state index is -0.307. The van der Waals surface area contributed by atoms with E-state index in [2.05, 4.69) is 5.16 Å². The van der Waals surface area contributed by atoms with E-state index in [1.807, 2.05) is 54.6 Å². The summed E-state index contributed by atoms with van der Waals surface area (Å²) in [6.07, 6.45) is 0. The van der Waals surface area contributed by atoms with Crippen molar-refractivity contribution >= 4 is 23.0 Å². The van der Waals surface area contributed by atoms with Crippen molar-refractivity contribution in [1.82, 2.24) is 0 Å². The summed E-state index contributed by atoms with van der Waals surface area (Å²) in [4.78, 5) is 19.9. The summed E-state index contributed by atoms with van der Waals surface area (Å²) in [6.45, 7) is 0.157. The number of anilines is 2. The van der Waals surface area contributed by atoms with Gasteiger partial charge in [0.15, 0.2) is 5.71 Å². The number of rotatable bonds is 4. The molecule has 0 fully saturated rings. The van der Waals surface area contributed by atoms with Gasteiger partial charge in [0.2, 0.25) is 0 Å². The molecule has 0 bridgehead atoms. The van der Waals surface area contributed by atoms with Crippen LogP contribution < -0.4 is 4.90 Å². The molecular formula is C21H15FN2O2. The van der Waals surface area contributed by atoms with Crippen molar-refractivity contribution in [1.29, 1.82) is 0 Å². The quantitative estimate of drug-likeness (QED) is 0.656. The molecule has 0 saturated heterocycles. The summed E-state index contributed by atoms with van der Waals surface area (Å²) in [7, 11) is 0. The molecule has 1 heterocycles. The zero-order valence-electron chi connectivity index (χ0n) is 13.8. The molecule has 4 nitrogen and oxygen atoms in total. The lowest BCUT2D eigenvalue weighted by molar-refractivity contribution is -0.111. The lowest BCUT2D eigenvalue weighted by Gasteiger charge is -2.16. The fourth-order valence-electron chi connectivity index (χ4n) is 2.87. The third-order valence-corrected chi connectivity index (χ3v) is 4.12. The Kier molecular flexibility index (Phi) is 4.19. The van der Waals surface area contributed by atoms with Crippen molar-refractivity contribution in [2.45, 2.75) is 6.61 Å². The molecule has 3 aromatic rings. The Balaban J connectivity index is 1.62. The number of para-hydroxylation sites is 2. The van der Waals surface area contributed by atoms with Gasteiger partial charge in [0.1, 0.15) is 12.4 Å². The molecule has 1 aliphatic rings. The van der Waals surface area contributed by atoms with Gasteiger partial charge in [-0.25, -0.2) is 4.39 Å². The summed E-state index contributed by atoms with van der Waals surface area (Å²) in [5.74, 6) is -0.546. The predicted molar refractivity (Wildman–Crippen MR) is 97.8 cm³/mol. The Hall–Kier alpha value is -3.47. The first-order valence-electron chi connectivity index (χ1n) is 8.17. The SMILES string of the molecule is O=C1C(=NOCc2ccc(F)cc2)c2ccccc2N1c1ccccc1. The zero-order chi connectivity index (χ0) is 17.9. The minimum absolute atomic E-state index is 0.157. The number of oxime groups is 1. The van der Waals surface area contributed by atoms with Crippen LogP contribution in [0.2, 0.25) is 0 Å². The number of carbonyl (C=O) groups is 1. The molecule has 0 atom stereocenters. The third kappa shape index (κ3) is 2.95. The molecule has 1 aliphatic heterocycles. The van der Waals surface area contributed by atoms with Crippen LogP contribution in [0.4, 0.5) is 15.8 Å². The van der Waals surface area contributed by atoms with Crippen molar-refractivity contribution in [3.63, 3.8) is 0 Å². The van der Waals surface area contributed by atoms with Crippen LogP contribution in [0, 0.1) is 5.82 Å². The number of benzene rings is 3. The molecule has 0 N–H and O–H groups in total. The Labute approximate surface area is 150 Å². The number of nitrogens with zero attached hydrogens (tertiary/aromatic N) is 2. The van der Waals surface area contributed by atoms with Gasteiger partial charge in [-0.2, -0.15) is 0 Å². The summed E-state index contributed by atoms with van der Waals surface area (Å²) in [6, 6.07) is 22.8. The minimum Gasteiger partial charge on any atom is -0.390 e. The highest BCUT2D eigenvalue weighted by Gasteiger charge is 2.35. The summed E-state index contributed by atoms with van der Waals surface area (Å²) in [5, 5.41) is 4.07.